The van der Waals surface area contributed by atoms with Crippen LogP contribution in [0.1, 0.15) is 30.0 Å². The van der Waals surface area contributed by atoms with E-state index < -0.39 is 35.7 Å². The Balaban J connectivity index is 1.37. The van der Waals surface area contributed by atoms with Crippen molar-refractivity contribution in [3.63, 3.8) is 0 Å². The highest BCUT2D eigenvalue weighted by Gasteiger charge is 2.36. The number of hydrogen-bond acceptors (Lipinski definition) is 5. The quantitative estimate of drug-likeness (QED) is 0.342. The summed E-state index contributed by atoms with van der Waals surface area (Å²) in [5.74, 6) is -2.85. The minimum atomic E-state index is -1.08. The number of carboxylic acid groups (broad SMARTS) is 1. The summed E-state index contributed by atoms with van der Waals surface area (Å²) < 4.78 is 13.3. The van der Waals surface area contributed by atoms with Gasteiger partial charge in [0.05, 0.1) is 18.4 Å². The molecule has 4 N–H and O–H groups in total. The summed E-state index contributed by atoms with van der Waals surface area (Å²) in [6, 6.07) is 14.6. The summed E-state index contributed by atoms with van der Waals surface area (Å²) in [6.45, 7) is 0.235. The Bertz CT molecular complexity index is 1340. The van der Waals surface area contributed by atoms with Gasteiger partial charge in [0.1, 0.15) is 5.82 Å². The molecular weight excluding hydrogens is 493 g/mol. The number of nitrogens with zero attached hydrogens (tertiary/aromatic N) is 2. The molecule has 2 heterocycles. The molecule has 196 valence electrons. The highest BCUT2D eigenvalue weighted by atomic mass is 19.1. The van der Waals surface area contributed by atoms with E-state index in [1.54, 1.807) is 54.7 Å². The number of nitrogens with one attached hydrogen (secondary N) is 3. The van der Waals surface area contributed by atoms with Crippen molar-refractivity contribution in [1.29, 1.82) is 0 Å². The molecule has 1 fully saturated rings. The predicted molar refractivity (Wildman–Crippen MR) is 137 cm³/mol. The van der Waals surface area contributed by atoms with Crippen molar-refractivity contribution in [3.8, 4) is 0 Å². The van der Waals surface area contributed by atoms with Gasteiger partial charge in [-0.05, 0) is 47.5 Å². The number of aromatic nitrogens is 1. The van der Waals surface area contributed by atoms with Gasteiger partial charge in [0.2, 0.25) is 11.8 Å². The predicted octanol–water partition coefficient (Wildman–Crippen LogP) is 3.23. The highest BCUT2D eigenvalue weighted by molar-refractivity contribution is 6.01. The zero-order chi connectivity index (χ0) is 27.1. The molecular formula is C27H26FN5O5. The monoisotopic (exact) mass is 519 g/mol. The van der Waals surface area contributed by atoms with E-state index in [9.17, 15) is 28.7 Å². The molecule has 0 aliphatic carbocycles. The Morgan fingerprint density at radius 1 is 1.11 bits per heavy atom. The number of amides is 4. The molecule has 4 rings (SSSR count). The largest absolute Gasteiger partial charge is 0.481 e. The van der Waals surface area contributed by atoms with Gasteiger partial charge in [-0.1, -0.05) is 24.3 Å². The standard InChI is InChI=1S/C27H26FN5O5/c28-20-6-1-4-17(10-20)14-30-27(38)31-21-7-2-8-22(12-21)33-16-19(11-24(33)34)26(37)32-23(13-25(35)36)18-5-3-9-29-15-18/h1-10,12,15,19,23H,11,13-14,16H2,(H,32,37)(H,35,36)(H2,30,31,38). The van der Waals surface area contributed by atoms with Crippen molar-refractivity contribution in [2.24, 2.45) is 5.92 Å². The highest BCUT2D eigenvalue weighted by Crippen LogP contribution is 2.28. The van der Waals surface area contributed by atoms with Gasteiger partial charge in [0.15, 0.2) is 0 Å². The van der Waals surface area contributed by atoms with E-state index in [-0.39, 0.29) is 31.8 Å². The smallest absolute Gasteiger partial charge is 0.319 e. The summed E-state index contributed by atoms with van der Waals surface area (Å²) in [7, 11) is 0. The first-order valence-corrected chi connectivity index (χ1v) is 11.9. The van der Waals surface area contributed by atoms with Crippen LogP contribution in [0.15, 0.2) is 73.1 Å². The average molecular weight is 520 g/mol. The third kappa shape index (κ3) is 6.90. The van der Waals surface area contributed by atoms with E-state index in [0.29, 0.717) is 22.5 Å². The second-order valence-corrected chi connectivity index (χ2v) is 8.84. The number of rotatable bonds is 9. The molecule has 1 aromatic heterocycles. The Morgan fingerprint density at radius 3 is 2.66 bits per heavy atom. The Kier molecular flexibility index (Phi) is 8.27. The molecule has 4 amide bonds. The Morgan fingerprint density at radius 2 is 1.92 bits per heavy atom. The molecule has 0 saturated carbocycles. The number of hydrogen-bond donors (Lipinski definition) is 4. The lowest BCUT2D eigenvalue weighted by Gasteiger charge is -2.20. The van der Waals surface area contributed by atoms with Gasteiger partial charge < -0.3 is 26.0 Å². The van der Waals surface area contributed by atoms with E-state index in [1.807, 2.05) is 0 Å². The van der Waals surface area contributed by atoms with E-state index in [4.69, 9.17) is 0 Å². The molecule has 2 unspecified atom stereocenters. The lowest BCUT2D eigenvalue weighted by Crippen LogP contribution is -2.36. The molecule has 10 nitrogen and oxygen atoms in total. The number of urea groups is 1. The van der Waals surface area contributed by atoms with E-state index in [2.05, 4.69) is 20.9 Å². The molecule has 2 atom stereocenters. The minimum Gasteiger partial charge on any atom is -0.481 e. The third-order valence-corrected chi connectivity index (χ3v) is 6.04. The molecule has 2 aromatic carbocycles. The van der Waals surface area contributed by atoms with Crippen LogP contribution in [0.3, 0.4) is 0 Å². The van der Waals surface area contributed by atoms with Gasteiger partial charge in [-0.25, -0.2) is 9.18 Å². The number of pyridine rings is 1. The first-order valence-electron chi connectivity index (χ1n) is 11.9. The number of carbonyl (C=O) groups is 4. The molecule has 11 heteroatoms. The summed E-state index contributed by atoms with van der Waals surface area (Å²) >= 11 is 0. The van der Waals surface area contributed by atoms with Gasteiger partial charge >= 0.3 is 12.0 Å². The minimum absolute atomic E-state index is 0.0373. The van der Waals surface area contributed by atoms with Crippen LogP contribution in [0.4, 0.5) is 20.6 Å². The molecule has 1 aliphatic rings. The molecule has 0 spiro atoms. The summed E-state index contributed by atoms with van der Waals surface area (Å²) in [5, 5.41) is 17.3. The fourth-order valence-corrected chi connectivity index (χ4v) is 4.19. The van der Waals surface area contributed by atoms with Crippen molar-refractivity contribution < 1.29 is 28.7 Å². The fourth-order valence-electron chi connectivity index (χ4n) is 4.19. The maximum atomic E-state index is 13.3. The van der Waals surface area contributed by atoms with E-state index >= 15 is 0 Å². The number of carboxylic acids is 1. The van der Waals surface area contributed by atoms with Crippen LogP contribution in [0.25, 0.3) is 0 Å². The number of halogens is 1. The van der Waals surface area contributed by atoms with Crippen LogP contribution in [-0.4, -0.2) is 40.5 Å². The lowest BCUT2D eigenvalue weighted by atomic mass is 10.0. The SMILES string of the molecule is O=C(O)CC(NC(=O)C1CC(=O)N(c2cccc(NC(=O)NCc3cccc(F)c3)c2)C1)c1cccnc1. The second-order valence-electron chi connectivity index (χ2n) is 8.84. The number of aliphatic carboxylic acids is 1. The molecule has 0 bridgehead atoms. The zero-order valence-electron chi connectivity index (χ0n) is 20.3. The molecule has 1 aliphatic heterocycles. The number of carbonyl (C=O) groups excluding carboxylic acids is 3. The van der Waals surface area contributed by atoms with Crippen molar-refractivity contribution in [1.82, 2.24) is 15.6 Å². The van der Waals surface area contributed by atoms with Crippen LogP contribution in [0.5, 0.6) is 0 Å². The van der Waals surface area contributed by atoms with Crippen molar-refractivity contribution in [2.75, 3.05) is 16.8 Å². The summed E-state index contributed by atoms with van der Waals surface area (Å²) in [5.41, 5.74) is 2.09. The van der Waals surface area contributed by atoms with E-state index in [1.165, 1.54) is 23.2 Å². The second kappa shape index (κ2) is 12.0. The third-order valence-electron chi connectivity index (χ3n) is 6.04. The van der Waals surface area contributed by atoms with Gasteiger partial charge in [0.25, 0.3) is 0 Å². The van der Waals surface area contributed by atoms with Crippen LogP contribution < -0.4 is 20.9 Å². The van der Waals surface area contributed by atoms with E-state index in [0.717, 1.165) is 0 Å². The van der Waals surface area contributed by atoms with Crippen molar-refractivity contribution in [2.45, 2.75) is 25.4 Å². The van der Waals surface area contributed by atoms with Gasteiger partial charge in [-0.3, -0.25) is 19.4 Å². The van der Waals surface area contributed by atoms with Crippen LogP contribution in [0, 0.1) is 11.7 Å². The average Bonchev–Trinajstić information content (AvgIpc) is 3.29. The summed E-state index contributed by atoms with van der Waals surface area (Å²) in [4.78, 5) is 54.8. The number of anilines is 2. The first kappa shape index (κ1) is 26.3. The summed E-state index contributed by atoms with van der Waals surface area (Å²) in [6.07, 6.45) is 2.68. The molecule has 0 radical (unpaired) electrons. The van der Waals surface area contributed by atoms with Crippen LogP contribution >= 0.6 is 0 Å². The Hall–Kier alpha value is -4.80. The Labute approximate surface area is 217 Å². The fraction of sp³-hybridized carbons (Fsp3) is 0.222. The number of benzene rings is 2. The first-order chi connectivity index (χ1) is 18.3. The van der Waals surface area contributed by atoms with Gasteiger partial charge in [-0.15, -0.1) is 0 Å². The topological polar surface area (TPSA) is 141 Å². The van der Waals surface area contributed by atoms with Gasteiger partial charge in [0, 0.05) is 43.3 Å². The molecule has 38 heavy (non-hydrogen) atoms. The lowest BCUT2D eigenvalue weighted by molar-refractivity contribution is -0.138. The van der Waals surface area contributed by atoms with Gasteiger partial charge in [-0.2, -0.15) is 0 Å². The van der Waals surface area contributed by atoms with Crippen LogP contribution in [-0.2, 0) is 20.9 Å². The van der Waals surface area contributed by atoms with Crippen molar-refractivity contribution in [3.05, 3.63) is 90.0 Å². The normalized spacial score (nSPS) is 15.6. The van der Waals surface area contributed by atoms with Crippen molar-refractivity contribution >= 4 is 35.2 Å². The molecule has 3 aromatic rings. The molecule has 1 saturated heterocycles. The maximum absolute atomic E-state index is 13.3. The zero-order valence-corrected chi connectivity index (χ0v) is 20.3. The maximum Gasteiger partial charge on any atom is 0.319 e. The van der Waals surface area contributed by atoms with Crippen LogP contribution in [0.2, 0.25) is 0 Å².